The van der Waals surface area contributed by atoms with Gasteiger partial charge in [-0.1, -0.05) is 17.7 Å². The molecule has 0 radical (unpaired) electrons. The molecular formula is C17H18ClNO5S. The Kier molecular flexibility index (Phi) is 5.92. The van der Waals surface area contributed by atoms with Gasteiger partial charge in [-0.05, 0) is 55.3 Å². The van der Waals surface area contributed by atoms with Gasteiger partial charge in [0.05, 0.1) is 17.7 Å². The van der Waals surface area contributed by atoms with Crippen molar-refractivity contribution in [3.05, 3.63) is 52.5 Å². The lowest BCUT2D eigenvalue weighted by Crippen LogP contribution is -2.15. The molecule has 0 fully saturated rings. The summed E-state index contributed by atoms with van der Waals surface area (Å²) in [5.41, 5.74) is 1.81. The van der Waals surface area contributed by atoms with Gasteiger partial charge in [0.25, 0.3) is 10.0 Å². The molecule has 0 atom stereocenters. The zero-order valence-corrected chi connectivity index (χ0v) is 15.6. The SMILES string of the molecule is COC(=O)COc1ccc(S(=O)(=O)Nc2ccc(C)c(Cl)c2)cc1C. The van der Waals surface area contributed by atoms with Crippen molar-refractivity contribution in [2.24, 2.45) is 0 Å². The molecule has 1 N–H and O–H groups in total. The van der Waals surface area contributed by atoms with Gasteiger partial charge in [0.1, 0.15) is 5.75 Å². The van der Waals surface area contributed by atoms with Gasteiger partial charge in [-0.15, -0.1) is 0 Å². The summed E-state index contributed by atoms with van der Waals surface area (Å²) in [6, 6.07) is 9.28. The molecule has 0 aliphatic heterocycles. The summed E-state index contributed by atoms with van der Waals surface area (Å²) in [7, 11) is -2.51. The van der Waals surface area contributed by atoms with E-state index in [0.717, 1.165) is 5.56 Å². The molecule has 0 heterocycles. The highest BCUT2D eigenvalue weighted by atomic mass is 35.5. The highest BCUT2D eigenvalue weighted by molar-refractivity contribution is 7.92. The van der Waals surface area contributed by atoms with Gasteiger partial charge in [-0.2, -0.15) is 0 Å². The van der Waals surface area contributed by atoms with Crippen molar-refractivity contribution >= 4 is 33.3 Å². The molecule has 2 aromatic carbocycles. The minimum Gasteiger partial charge on any atom is -0.482 e. The fourth-order valence-electron chi connectivity index (χ4n) is 2.02. The topological polar surface area (TPSA) is 81.7 Å². The van der Waals surface area contributed by atoms with Crippen LogP contribution in [0.15, 0.2) is 41.3 Å². The summed E-state index contributed by atoms with van der Waals surface area (Å²) in [6.45, 7) is 3.27. The number of anilines is 1. The normalized spacial score (nSPS) is 11.0. The average Bonchev–Trinajstić information content (AvgIpc) is 2.56. The molecule has 0 spiro atoms. The van der Waals surface area contributed by atoms with Crippen molar-refractivity contribution in [1.82, 2.24) is 0 Å². The smallest absolute Gasteiger partial charge is 0.343 e. The molecule has 2 aromatic rings. The number of carbonyl (C=O) groups is 1. The van der Waals surface area contributed by atoms with E-state index in [1.54, 1.807) is 25.1 Å². The lowest BCUT2D eigenvalue weighted by atomic mass is 10.2. The number of nitrogens with one attached hydrogen (secondary N) is 1. The monoisotopic (exact) mass is 383 g/mol. The first-order valence-electron chi connectivity index (χ1n) is 7.32. The molecule has 8 heteroatoms. The van der Waals surface area contributed by atoms with Gasteiger partial charge in [-0.3, -0.25) is 4.72 Å². The van der Waals surface area contributed by atoms with Crippen LogP contribution >= 0.6 is 11.6 Å². The molecule has 6 nitrogen and oxygen atoms in total. The Hall–Kier alpha value is -2.25. The number of aryl methyl sites for hydroxylation is 2. The third-order valence-corrected chi connectivity index (χ3v) is 5.24. The summed E-state index contributed by atoms with van der Waals surface area (Å²) in [6.07, 6.45) is 0. The summed E-state index contributed by atoms with van der Waals surface area (Å²) in [4.78, 5) is 11.2. The third-order valence-electron chi connectivity index (χ3n) is 3.45. The van der Waals surface area contributed by atoms with Gasteiger partial charge in [0.15, 0.2) is 6.61 Å². The Morgan fingerprint density at radius 2 is 1.84 bits per heavy atom. The molecule has 0 unspecified atom stereocenters. The first-order valence-corrected chi connectivity index (χ1v) is 9.18. The van der Waals surface area contributed by atoms with Crippen LogP contribution < -0.4 is 9.46 Å². The third kappa shape index (κ3) is 4.87. The van der Waals surface area contributed by atoms with Crippen LogP contribution in [0.3, 0.4) is 0 Å². The number of benzene rings is 2. The van der Waals surface area contributed by atoms with Crippen molar-refractivity contribution in [3.63, 3.8) is 0 Å². The maximum atomic E-state index is 12.5. The zero-order valence-electron chi connectivity index (χ0n) is 14.0. The highest BCUT2D eigenvalue weighted by Gasteiger charge is 2.16. The minimum atomic E-state index is -3.77. The Bertz CT molecular complexity index is 896. The van der Waals surface area contributed by atoms with Crippen LogP contribution in [-0.4, -0.2) is 28.1 Å². The molecule has 0 amide bonds. The van der Waals surface area contributed by atoms with Crippen molar-refractivity contribution in [2.75, 3.05) is 18.4 Å². The van der Waals surface area contributed by atoms with Crippen molar-refractivity contribution in [2.45, 2.75) is 18.7 Å². The van der Waals surface area contributed by atoms with Gasteiger partial charge >= 0.3 is 5.97 Å². The van der Waals surface area contributed by atoms with E-state index in [-0.39, 0.29) is 11.5 Å². The number of halogens is 1. The number of rotatable bonds is 6. The van der Waals surface area contributed by atoms with Crippen LogP contribution in [0.25, 0.3) is 0 Å². The Morgan fingerprint density at radius 3 is 2.44 bits per heavy atom. The molecule has 0 aliphatic carbocycles. The number of sulfonamides is 1. The Balaban J connectivity index is 2.20. The number of ether oxygens (including phenoxy) is 2. The van der Waals surface area contributed by atoms with E-state index in [1.165, 1.54) is 25.3 Å². The van der Waals surface area contributed by atoms with Crippen LogP contribution in [-0.2, 0) is 19.6 Å². The molecule has 0 aromatic heterocycles. The largest absolute Gasteiger partial charge is 0.482 e. The average molecular weight is 384 g/mol. The molecule has 134 valence electrons. The van der Waals surface area contributed by atoms with Crippen molar-refractivity contribution < 1.29 is 22.7 Å². The van der Waals surface area contributed by atoms with E-state index in [2.05, 4.69) is 9.46 Å². The van der Waals surface area contributed by atoms with E-state index >= 15 is 0 Å². The molecule has 0 bridgehead atoms. The fraction of sp³-hybridized carbons (Fsp3) is 0.235. The predicted molar refractivity (Wildman–Crippen MR) is 95.7 cm³/mol. The van der Waals surface area contributed by atoms with Gasteiger partial charge < -0.3 is 9.47 Å². The fourth-order valence-corrected chi connectivity index (χ4v) is 3.33. The van der Waals surface area contributed by atoms with Crippen LogP contribution in [0, 0.1) is 13.8 Å². The van der Waals surface area contributed by atoms with Gasteiger partial charge in [0, 0.05) is 5.02 Å². The van der Waals surface area contributed by atoms with Crippen molar-refractivity contribution in [1.29, 1.82) is 0 Å². The predicted octanol–water partition coefficient (Wildman–Crippen LogP) is 3.31. The van der Waals surface area contributed by atoms with Crippen molar-refractivity contribution in [3.8, 4) is 5.75 Å². The zero-order chi connectivity index (χ0) is 18.6. The lowest BCUT2D eigenvalue weighted by molar-refractivity contribution is -0.142. The summed E-state index contributed by atoms with van der Waals surface area (Å²) in [5.74, 6) is -0.114. The van der Waals surface area contributed by atoms with E-state index in [9.17, 15) is 13.2 Å². The Morgan fingerprint density at radius 1 is 1.12 bits per heavy atom. The second kappa shape index (κ2) is 7.76. The Labute approximate surface area is 151 Å². The molecule has 0 aliphatic rings. The minimum absolute atomic E-state index is 0.0760. The van der Waals surface area contributed by atoms with E-state index < -0.39 is 16.0 Å². The van der Waals surface area contributed by atoms with Crippen LogP contribution in [0.2, 0.25) is 5.02 Å². The first-order chi connectivity index (χ1) is 11.7. The maximum Gasteiger partial charge on any atom is 0.343 e. The van der Waals surface area contributed by atoms with Gasteiger partial charge in [0.2, 0.25) is 0 Å². The first kappa shape index (κ1) is 19.1. The van der Waals surface area contributed by atoms with Crippen LogP contribution in [0.5, 0.6) is 5.75 Å². The van der Waals surface area contributed by atoms with Gasteiger partial charge in [-0.25, -0.2) is 13.2 Å². The van der Waals surface area contributed by atoms with E-state index in [0.29, 0.717) is 22.0 Å². The summed E-state index contributed by atoms with van der Waals surface area (Å²) in [5, 5.41) is 0.475. The molecule has 25 heavy (non-hydrogen) atoms. The van der Waals surface area contributed by atoms with E-state index in [1.807, 2.05) is 6.92 Å². The summed E-state index contributed by atoms with van der Waals surface area (Å²) >= 11 is 6.02. The highest BCUT2D eigenvalue weighted by Crippen LogP contribution is 2.25. The second-order valence-corrected chi connectivity index (χ2v) is 7.45. The number of hydrogen-bond acceptors (Lipinski definition) is 5. The summed E-state index contributed by atoms with van der Waals surface area (Å²) < 4.78 is 37.3. The quantitative estimate of drug-likeness (QED) is 0.774. The molecule has 0 saturated heterocycles. The number of methoxy groups -OCH3 is 1. The standard InChI is InChI=1S/C17H18ClNO5S/c1-11-4-5-13(9-15(11)18)19-25(21,22)14-6-7-16(12(2)8-14)24-10-17(20)23-3/h4-9,19H,10H2,1-3H3. The lowest BCUT2D eigenvalue weighted by Gasteiger charge is -2.12. The number of hydrogen-bond donors (Lipinski definition) is 1. The maximum absolute atomic E-state index is 12.5. The van der Waals surface area contributed by atoms with E-state index in [4.69, 9.17) is 16.3 Å². The number of carbonyl (C=O) groups excluding carboxylic acids is 1. The number of esters is 1. The molecule has 2 rings (SSSR count). The van der Waals surface area contributed by atoms with Crippen LogP contribution in [0.1, 0.15) is 11.1 Å². The van der Waals surface area contributed by atoms with Crippen LogP contribution in [0.4, 0.5) is 5.69 Å². The molecular weight excluding hydrogens is 366 g/mol. The molecule has 0 saturated carbocycles. The second-order valence-electron chi connectivity index (χ2n) is 5.36.